The largest absolute Gasteiger partial charge is 0.495 e. The summed E-state index contributed by atoms with van der Waals surface area (Å²) in [6.45, 7) is 6.09. The van der Waals surface area contributed by atoms with Gasteiger partial charge >= 0.3 is 0 Å². The Bertz CT molecular complexity index is 1160. The minimum atomic E-state index is -0.276. The van der Waals surface area contributed by atoms with Gasteiger partial charge in [0.15, 0.2) is 5.16 Å². The van der Waals surface area contributed by atoms with Crippen LogP contribution in [0.25, 0.3) is 0 Å². The molecule has 3 rings (SSSR count). The summed E-state index contributed by atoms with van der Waals surface area (Å²) in [4.78, 5) is 25.0. The number of halogens is 1. The number of allylic oxidation sites excluding steroid dienone is 1. The van der Waals surface area contributed by atoms with E-state index in [4.69, 9.17) is 16.3 Å². The number of para-hydroxylation sites is 1. The highest BCUT2D eigenvalue weighted by atomic mass is 35.5. The number of carbonyl (C=O) groups excluding carboxylic acids is 2. The lowest BCUT2D eigenvalue weighted by atomic mass is 10.2. The molecule has 1 heterocycles. The lowest BCUT2D eigenvalue weighted by molar-refractivity contribution is -0.116. The van der Waals surface area contributed by atoms with E-state index < -0.39 is 0 Å². The van der Waals surface area contributed by atoms with E-state index in [0.29, 0.717) is 39.7 Å². The number of aryl methyl sites for hydroxylation is 1. The molecule has 3 aromatic rings. The number of ether oxygens (including phenoxy) is 1. The van der Waals surface area contributed by atoms with Gasteiger partial charge in [-0.1, -0.05) is 47.6 Å². The number of methoxy groups -OCH3 is 1. The molecule has 0 bridgehead atoms. The van der Waals surface area contributed by atoms with E-state index in [1.807, 2.05) is 19.1 Å². The van der Waals surface area contributed by atoms with Crippen molar-refractivity contribution >= 4 is 46.6 Å². The summed E-state index contributed by atoms with van der Waals surface area (Å²) in [5.41, 5.74) is 2.13. The van der Waals surface area contributed by atoms with Crippen LogP contribution in [0.3, 0.4) is 0 Å². The fraction of sp³-hybridized carbons (Fsp3) is 0.217. The normalized spacial score (nSPS) is 10.5. The summed E-state index contributed by atoms with van der Waals surface area (Å²) >= 11 is 7.32. The van der Waals surface area contributed by atoms with Crippen LogP contribution in [0, 0.1) is 6.92 Å². The second-order valence-corrected chi connectivity index (χ2v) is 8.39. The molecule has 2 aromatic carbocycles. The second-order valence-electron chi connectivity index (χ2n) is 7.04. The zero-order chi connectivity index (χ0) is 23.8. The van der Waals surface area contributed by atoms with Crippen molar-refractivity contribution in [2.75, 3.05) is 23.5 Å². The molecule has 172 valence electrons. The number of carbonyl (C=O) groups is 2. The van der Waals surface area contributed by atoms with Gasteiger partial charge in [0.25, 0.3) is 0 Å². The molecular weight excluding hydrogens is 462 g/mol. The molecule has 0 unspecified atom stereocenters. The molecule has 0 aliphatic heterocycles. The third-order valence-electron chi connectivity index (χ3n) is 4.53. The standard InChI is InChI=1S/C23H24ClN5O3S/c1-4-11-29-20(13-21(30)25-17-8-6-5-7-16(17)24)27-28-23(29)33-14-22(31)26-18-12-15(2)9-10-19(18)32-3/h4-10,12H,1,11,13-14H2,2-3H3,(H,25,30)(H,26,31). The first-order valence-electron chi connectivity index (χ1n) is 10.1. The van der Waals surface area contributed by atoms with Crippen molar-refractivity contribution in [2.24, 2.45) is 0 Å². The van der Waals surface area contributed by atoms with Gasteiger partial charge in [-0.2, -0.15) is 0 Å². The van der Waals surface area contributed by atoms with Gasteiger partial charge in [-0.05, 0) is 36.8 Å². The SMILES string of the molecule is C=CCn1c(CC(=O)Nc2ccccc2Cl)nnc1SCC(=O)Nc1cc(C)ccc1OC. The Hall–Kier alpha value is -3.30. The highest BCUT2D eigenvalue weighted by Gasteiger charge is 2.17. The van der Waals surface area contributed by atoms with E-state index in [0.717, 1.165) is 5.56 Å². The summed E-state index contributed by atoms with van der Waals surface area (Å²) in [5, 5.41) is 14.9. The molecule has 10 heteroatoms. The highest BCUT2D eigenvalue weighted by molar-refractivity contribution is 7.99. The molecule has 0 fully saturated rings. The summed E-state index contributed by atoms with van der Waals surface area (Å²) in [6, 6.07) is 12.5. The molecule has 8 nitrogen and oxygen atoms in total. The number of thioether (sulfide) groups is 1. The Labute approximate surface area is 201 Å². The molecule has 33 heavy (non-hydrogen) atoms. The van der Waals surface area contributed by atoms with Crippen LogP contribution in [0.1, 0.15) is 11.4 Å². The number of benzene rings is 2. The number of anilines is 2. The first kappa shape index (κ1) is 24.3. The Morgan fingerprint density at radius 3 is 2.64 bits per heavy atom. The number of amides is 2. The minimum absolute atomic E-state index is 0.000684. The molecule has 2 amide bonds. The van der Waals surface area contributed by atoms with Crippen molar-refractivity contribution in [3.8, 4) is 5.75 Å². The minimum Gasteiger partial charge on any atom is -0.495 e. The van der Waals surface area contributed by atoms with Gasteiger partial charge in [-0.3, -0.25) is 9.59 Å². The summed E-state index contributed by atoms with van der Waals surface area (Å²) in [7, 11) is 1.55. The van der Waals surface area contributed by atoms with Gasteiger partial charge in [-0.25, -0.2) is 0 Å². The second kappa shape index (κ2) is 11.5. The van der Waals surface area contributed by atoms with Crippen molar-refractivity contribution in [3.63, 3.8) is 0 Å². The Morgan fingerprint density at radius 2 is 1.91 bits per heavy atom. The number of nitrogens with one attached hydrogen (secondary N) is 2. The number of hydrogen-bond donors (Lipinski definition) is 2. The quantitative estimate of drug-likeness (QED) is 0.327. The van der Waals surface area contributed by atoms with Crippen LogP contribution in [0.5, 0.6) is 5.75 Å². The lowest BCUT2D eigenvalue weighted by Crippen LogP contribution is -2.18. The van der Waals surface area contributed by atoms with Gasteiger partial charge in [0.1, 0.15) is 11.6 Å². The van der Waals surface area contributed by atoms with E-state index in [2.05, 4.69) is 27.4 Å². The Balaban J connectivity index is 1.65. The summed E-state index contributed by atoms with van der Waals surface area (Å²) in [6.07, 6.45) is 1.68. The van der Waals surface area contributed by atoms with Crippen molar-refractivity contribution in [1.82, 2.24) is 14.8 Å². The van der Waals surface area contributed by atoms with Crippen molar-refractivity contribution < 1.29 is 14.3 Å². The predicted octanol–water partition coefficient (Wildman–Crippen LogP) is 4.35. The smallest absolute Gasteiger partial charge is 0.234 e. The molecule has 1 aromatic heterocycles. The fourth-order valence-corrected chi connectivity index (χ4v) is 3.96. The first-order valence-corrected chi connectivity index (χ1v) is 11.4. The van der Waals surface area contributed by atoms with E-state index in [1.54, 1.807) is 48.1 Å². The van der Waals surface area contributed by atoms with E-state index >= 15 is 0 Å². The van der Waals surface area contributed by atoms with Crippen LogP contribution >= 0.6 is 23.4 Å². The predicted molar refractivity (Wildman–Crippen MR) is 131 cm³/mol. The molecule has 0 atom stereocenters. The molecule has 0 aliphatic rings. The molecule has 0 saturated heterocycles. The molecule has 0 spiro atoms. The number of nitrogens with zero attached hydrogens (tertiary/aromatic N) is 3. The van der Waals surface area contributed by atoms with Crippen LogP contribution in [0.2, 0.25) is 5.02 Å². The van der Waals surface area contributed by atoms with Crippen LogP contribution in [0.15, 0.2) is 60.3 Å². The van der Waals surface area contributed by atoms with Crippen LogP contribution in [0.4, 0.5) is 11.4 Å². The zero-order valence-corrected chi connectivity index (χ0v) is 19.9. The van der Waals surface area contributed by atoms with E-state index in [1.165, 1.54) is 11.8 Å². The maximum atomic E-state index is 12.5. The molecule has 0 radical (unpaired) electrons. The highest BCUT2D eigenvalue weighted by Crippen LogP contribution is 2.26. The third kappa shape index (κ3) is 6.59. The lowest BCUT2D eigenvalue weighted by Gasteiger charge is -2.11. The summed E-state index contributed by atoms with van der Waals surface area (Å²) < 4.78 is 7.05. The van der Waals surface area contributed by atoms with Crippen LogP contribution in [-0.2, 0) is 22.6 Å². The van der Waals surface area contributed by atoms with Crippen LogP contribution < -0.4 is 15.4 Å². The molecular formula is C23H24ClN5O3S. The zero-order valence-electron chi connectivity index (χ0n) is 18.3. The van der Waals surface area contributed by atoms with Gasteiger partial charge < -0.3 is 19.9 Å². The van der Waals surface area contributed by atoms with Crippen molar-refractivity contribution in [2.45, 2.75) is 25.0 Å². The molecule has 2 N–H and O–H groups in total. The molecule has 0 aliphatic carbocycles. The monoisotopic (exact) mass is 485 g/mol. The topological polar surface area (TPSA) is 98.1 Å². The Morgan fingerprint density at radius 1 is 1.15 bits per heavy atom. The van der Waals surface area contributed by atoms with E-state index in [9.17, 15) is 9.59 Å². The Kier molecular flexibility index (Phi) is 8.51. The van der Waals surface area contributed by atoms with Crippen molar-refractivity contribution in [3.05, 3.63) is 71.5 Å². The fourth-order valence-electron chi connectivity index (χ4n) is 3.01. The van der Waals surface area contributed by atoms with Gasteiger partial charge in [0, 0.05) is 6.54 Å². The third-order valence-corrected chi connectivity index (χ3v) is 5.83. The maximum absolute atomic E-state index is 12.5. The van der Waals surface area contributed by atoms with E-state index in [-0.39, 0.29) is 24.0 Å². The van der Waals surface area contributed by atoms with Gasteiger partial charge in [0.2, 0.25) is 11.8 Å². The van der Waals surface area contributed by atoms with Crippen molar-refractivity contribution in [1.29, 1.82) is 0 Å². The molecule has 0 saturated carbocycles. The average molecular weight is 486 g/mol. The number of aromatic nitrogens is 3. The maximum Gasteiger partial charge on any atom is 0.234 e. The average Bonchev–Trinajstić information content (AvgIpc) is 3.15. The number of hydrogen-bond acceptors (Lipinski definition) is 6. The van der Waals surface area contributed by atoms with Crippen LogP contribution in [-0.4, -0.2) is 39.4 Å². The first-order chi connectivity index (χ1) is 15.9. The summed E-state index contributed by atoms with van der Waals surface area (Å²) in [5.74, 6) is 0.665. The van der Waals surface area contributed by atoms with Gasteiger partial charge in [-0.15, -0.1) is 16.8 Å². The number of rotatable bonds is 10. The van der Waals surface area contributed by atoms with Gasteiger partial charge in [0.05, 0.1) is 35.7 Å².